The van der Waals surface area contributed by atoms with Crippen molar-refractivity contribution in [1.82, 2.24) is 5.32 Å². The average molecular weight is 351 g/mol. The van der Waals surface area contributed by atoms with E-state index in [4.69, 9.17) is 5.73 Å². The molecule has 0 aromatic carbocycles. The topological polar surface area (TPSA) is 50.4 Å². The first-order valence-electron chi connectivity index (χ1n) is 6.24. The first kappa shape index (κ1) is 18.9. The van der Waals surface area contributed by atoms with Crippen molar-refractivity contribution in [3.63, 3.8) is 0 Å². The Bertz CT molecular complexity index is 241. The second-order valence-electron chi connectivity index (χ2n) is 3.82. The molecular formula is C13H26IN3. The van der Waals surface area contributed by atoms with Gasteiger partial charge in [0.05, 0.1) is 6.54 Å². The van der Waals surface area contributed by atoms with Gasteiger partial charge in [-0.25, -0.2) is 0 Å². The number of nitrogens with one attached hydrogen (secondary N) is 1. The normalized spacial score (nSPS) is 10.1. The largest absolute Gasteiger partial charge is 0.370 e. The van der Waals surface area contributed by atoms with Crippen LogP contribution in [0.15, 0.2) is 4.99 Å². The molecule has 0 aliphatic heterocycles. The predicted octanol–water partition coefficient (Wildman–Crippen LogP) is 2.89. The van der Waals surface area contributed by atoms with Gasteiger partial charge in [-0.2, -0.15) is 0 Å². The van der Waals surface area contributed by atoms with Crippen LogP contribution in [0.4, 0.5) is 0 Å². The summed E-state index contributed by atoms with van der Waals surface area (Å²) in [4.78, 5) is 4.23. The number of halogens is 1. The minimum Gasteiger partial charge on any atom is -0.370 e. The van der Waals surface area contributed by atoms with Crippen LogP contribution in [-0.2, 0) is 0 Å². The highest BCUT2D eigenvalue weighted by Gasteiger charge is 1.90. The first-order valence-corrected chi connectivity index (χ1v) is 6.24. The maximum atomic E-state index is 5.65. The standard InChI is InChI=1S/C13H25N3.HI/c1-3-5-7-8-9-10-12-16-13(14)15-11-6-4-2;/h3,5,7-12H2,1-2H3,(H3,14,15,16);1H. The number of nitrogens with zero attached hydrogens (tertiary/aromatic N) is 1. The third-order valence-corrected chi connectivity index (χ3v) is 2.33. The van der Waals surface area contributed by atoms with Crippen molar-refractivity contribution in [1.29, 1.82) is 0 Å². The average Bonchev–Trinajstić information content (AvgIpc) is 2.28. The third-order valence-electron chi connectivity index (χ3n) is 2.33. The van der Waals surface area contributed by atoms with Crippen LogP contribution in [0.3, 0.4) is 0 Å². The molecule has 0 aromatic heterocycles. The SMILES string of the molecule is CC#CCNC(N)=NCCCCCCCC.I. The van der Waals surface area contributed by atoms with Gasteiger partial charge in [-0.05, 0) is 13.3 Å². The quantitative estimate of drug-likeness (QED) is 0.232. The Hall–Kier alpha value is -0.440. The molecule has 0 amide bonds. The monoisotopic (exact) mass is 351 g/mol. The molecule has 0 fully saturated rings. The number of unbranched alkanes of at least 4 members (excludes halogenated alkanes) is 5. The second-order valence-corrected chi connectivity index (χ2v) is 3.82. The van der Waals surface area contributed by atoms with Crippen molar-refractivity contribution in [2.75, 3.05) is 13.1 Å². The number of aliphatic imine (C=N–C) groups is 1. The van der Waals surface area contributed by atoms with E-state index in [1.54, 1.807) is 0 Å². The lowest BCUT2D eigenvalue weighted by Crippen LogP contribution is -2.32. The lowest BCUT2D eigenvalue weighted by Gasteiger charge is -2.01. The molecule has 0 saturated carbocycles. The van der Waals surface area contributed by atoms with Gasteiger partial charge >= 0.3 is 0 Å². The fourth-order valence-electron chi connectivity index (χ4n) is 1.37. The van der Waals surface area contributed by atoms with E-state index >= 15 is 0 Å². The van der Waals surface area contributed by atoms with Gasteiger partial charge < -0.3 is 11.1 Å². The molecule has 17 heavy (non-hydrogen) atoms. The Labute approximate surface area is 123 Å². The number of nitrogens with two attached hydrogens (primary N) is 1. The van der Waals surface area contributed by atoms with Crippen LogP contribution in [0.1, 0.15) is 52.4 Å². The van der Waals surface area contributed by atoms with Crippen LogP contribution >= 0.6 is 24.0 Å². The summed E-state index contributed by atoms with van der Waals surface area (Å²) in [6.45, 7) is 5.45. The van der Waals surface area contributed by atoms with E-state index in [9.17, 15) is 0 Å². The summed E-state index contributed by atoms with van der Waals surface area (Å²) in [6, 6.07) is 0. The molecule has 0 aliphatic carbocycles. The lowest BCUT2D eigenvalue weighted by atomic mass is 10.1. The molecule has 4 heteroatoms. The summed E-state index contributed by atoms with van der Waals surface area (Å²) >= 11 is 0. The Morgan fingerprint density at radius 1 is 1.18 bits per heavy atom. The minimum absolute atomic E-state index is 0. The highest BCUT2D eigenvalue weighted by Crippen LogP contribution is 2.04. The Morgan fingerprint density at radius 3 is 2.47 bits per heavy atom. The number of rotatable bonds is 8. The van der Waals surface area contributed by atoms with E-state index in [0.717, 1.165) is 13.0 Å². The van der Waals surface area contributed by atoms with Crippen LogP contribution in [0.2, 0.25) is 0 Å². The van der Waals surface area contributed by atoms with Crippen molar-refractivity contribution in [3.8, 4) is 11.8 Å². The van der Waals surface area contributed by atoms with Crippen LogP contribution in [0.25, 0.3) is 0 Å². The van der Waals surface area contributed by atoms with Gasteiger partial charge in [0.1, 0.15) is 0 Å². The van der Waals surface area contributed by atoms with Crippen LogP contribution < -0.4 is 11.1 Å². The summed E-state index contributed by atoms with van der Waals surface area (Å²) in [5.74, 6) is 6.19. The number of guanidine groups is 1. The van der Waals surface area contributed by atoms with E-state index in [2.05, 4.69) is 29.1 Å². The fourth-order valence-corrected chi connectivity index (χ4v) is 1.37. The molecule has 0 radical (unpaired) electrons. The summed E-state index contributed by atoms with van der Waals surface area (Å²) in [6.07, 6.45) is 7.70. The predicted molar refractivity (Wildman–Crippen MR) is 86.7 cm³/mol. The Balaban J connectivity index is 0. The van der Waals surface area contributed by atoms with E-state index in [1.807, 2.05) is 6.92 Å². The van der Waals surface area contributed by atoms with E-state index in [0.29, 0.717) is 12.5 Å². The molecule has 0 rings (SSSR count). The van der Waals surface area contributed by atoms with Gasteiger partial charge in [0, 0.05) is 6.54 Å². The van der Waals surface area contributed by atoms with Gasteiger partial charge in [-0.3, -0.25) is 4.99 Å². The minimum atomic E-state index is 0. The van der Waals surface area contributed by atoms with Crippen LogP contribution in [0, 0.1) is 11.8 Å². The third kappa shape index (κ3) is 15.6. The smallest absolute Gasteiger partial charge is 0.189 e. The zero-order valence-corrected chi connectivity index (χ0v) is 13.4. The molecule has 0 saturated heterocycles. The van der Waals surface area contributed by atoms with E-state index < -0.39 is 0 Å². The van der Waals surface area contributed by atoms with Crippen molar-refractivity contribution >= 4 is 29.9 Å². The zero-order valence-electron chi connectivity index (χ0n) is 11.1. The van der Waals surface area contributed by atoms with Gasteiger partial charge in [0.15, 0.2) is 5.96 Å². The molecule has 0 heterocycles. The van der Waals surface area contributed by atoms with Crippen molar-refractivity contribution in [2.45, 2.75) is 52.4 Å². The molecule has 100 valence electrons. The molecule has 3 nitrogen and oxygen atoms in total. The molecule has 0 aromatic rings. The Kier molecular flexibility index (Phi) is 17.3. The number of hydrogen-bond donors (Lipinski definition) is 2. The van der Waals surface area contributed by atoms with Gasteiger partial charge in [-0.15, -0.1) is 29.9 Å². The van der Waals surface area contributed by atoms with Crippen molar-refractivity contribution in [3.05, 3.63) is 0 Å². The second kappa shape index (κ2) is 15.6. The highest BCUT2D eigenvalue weighted by molar-refractivity contribution is 14.0. The van der Waals surface area contributed by atoms with E-state index in [-0.39, 0.29) is 24.0 Å². The Morgan fingerprint density at radius 2 is 1.82 bits per heavy atom. The molecule has 0 unspecified atom stereocenters. The zero-order chi connectivity index (χ0) is 12.1. The molecule has 0 bridgehead atoms. The number of hydrogen-bond acceptors (Lipinski definition) is 1. The molecular weight excluding hydrogens is 325 g/mol. The van der Waals surface area contributed by atoms with Crippen molar-refractivity contribution < 1.29 is 0 Å². The maximum Gasteiger partial charge on any atom is 0.189 e. The summed E-state index contributed by atoms with van der Waals surface area (Å²) < 4.78 is 0. The summed E-state index contributed by atoms with van der Waals surface area (Å²) in [5.41, 5.74) is 5.65. The maximum absolute atomic E-state index is 5.65. The summed E-state index contributed by atoms with van der Waals surface area (Å²) in [5, 5.41) is 2.95. The van der Waals surface area contributed by atoms with Crippen LogP contribution in [-0.4, -0.2) is 19.0 Å². The van der Waals surface area contributed by atoms with Gasteiger partial charge in [0.2, 0.25) is 0 Å². The molecule has 3 N–H and O–H groups in total. The molecule has 0 atom stereocenters. The molecule has 0 spiro atoms. The fraction of sp³-hybridized carbons (Fsp3) is 0.769. The highest BCUT2D eigenvalue weighted by atomic mass is 127. The van der Waals surface area contributed by atoms with E-state index in [1.165, 1.54) is 32.1 Å². The molecule has 0 aliphatic rings. The summed E-state index contributed by atoms with van der Waals surface area (Å²) in [7, 11) is 0. The van der Waals surface area contributed by atoms with Gasteiger partial charge in [0.25, 0.3) is 0 Å². The van der Waals surface area contributed by atoms with Gasteiger partial charge in [-0.1, -0.05) is 44.9 Å². The van der Waals surface area contributed by atoms with Crippen molar-refractivity contribution in [2.24, 2.45) is 10.7 Å². The first-order chi connectivity index (χ1) is 7.81. The lowest BCUT2D eigenvalue weighted by molar-refractivity contribution is 0.612. The van der Waals surface area contributed by atoms with Crippen LogP contribution in [0.5, 0.6) is 0 Å².